The predicted molar refractivity (Wildman–Crippen MR) is 109 cm³/mol. The topological polar surface area (TPSA) is 71.9 Å². The lowest BCUT2D eigenvalue weighted by Gasteiger charge is -2.34. The van der Waals surface area contributed by atoms with Gasteiger partial charge in [0.25, 0.3) is 0 Å². The molecular formula is C21H19F3N6O. The van der Waals surface area contributed by atoms with Crippen LogP contribution in [0.25, 0.3) is 28.0 Å². The molecule has 4 aromatic rings. The zero-order valence-corrected chi connectivity index (χ0v) is 16.6. The number of hydrogen-bond acceptors (Lipinski definition) is 5. The average molecular weight is 428 g/mol. The molecule has 10 heteroatoms. The van der Waals surface area contributed by atoms with Crippen molar-refractivity contribution in [3.63, 3.8) is 0 Å². The van der Waals surface area contributed by atoms with Crippen LogP contribution in [-0.4, -0.2) is 50.8 Å². The molecule has 4 heterocycles. The van der Waals surface area contributed by atoms with Crippen LogP contribution < -0.4 is 4.90 Å². The van der Waals surface area contributed by atoms with Gasteiger partial charge >= 0.3 is 6.18 Å². The third kappa shape index (κ3) is 3.52. The van der Waals surface area contributed by atoms with Crippen LogP contribution in [-0.2, 0) is 10.9 Å². The van der Waals surface area contributed by atoms with Gasteiger partial charge in [-0.2, -0.15) is 28.1 Å². The summed E-state index contributed by atoms with van der Waals surface area (Å²) in [4.78, 5) is 6.99. The highest BCUT2D eigenvalue weighted by Gasteiger charge is 2.30. The van der Waals surface area contributed by atoms with E-state index in [4.69, 9.17) is 9.72 Å². The van der Waals surface area contributed by atoms with Crippen molar-refractivity contribution in [1.82, 2.24) is 25.0 Å². The summed E-state index contributed by atoms with van der Waals surface area (Å²) < 4.78 is 46.3. The van der Waals surface area contributed by atoms with Gasteiger partial charge in [0, 0.05) is 18.0 Å². The van der Waals surface area contributed by atoms with E-state index in [1.54, 1.807) is 23.1 Å². The van der Waals surface area contributed by atoms with E-state index < -0.39 is 11.7 Å². The molecule has 0 spiro atoms. The Morgan fingerprint density at radius 2 is 1.97 bits per heavy atom. The first-order valence-electron chi connectivity index (χ1n) is 9.82. The fraction of sp³-hybridized carbons (Fsp3) is 0.286. The molecule has 3 aromatic heterocycles. The van der Waals surface area contributed by atoms with Gasteiger partial charge in [-0.3, -0.25) is 5.10 Å². The highest BCUT2D eigenvalue weighted by molar-refractivity contribution is 5.95. The molecule has 1 fully saturated rings. The summed E-state index contributed by atoms with van der Waals surface area (Å²) in [7, 11) is 0. The SMILES string of the molecule is C[C@@H]1COCCN1c1cc(-c2ccc(C(F)(F)F)cc2)c2cnn(-c3ccn[nH]3)c2n1. The maximum Gasteiger partial charge on any atom is 0.416 e. The second kappa shape index (κ2) is 7.38. The Bertz CT molecular complexity index is 1200. The lowest BCUT2D eigenvalue weighted by molar-refractivity contribution is -0.137. The van der Waals surface area contributed by atoms with Crippen LogP contribution in [0.3, 0.4) is 0 Å². The normalized spacial score (nSPS) is 17.4. The molecule has 1 aliphatic rings. The molecular weight excluding hydrogens is 409 g/mol. The van der Waals surface area contributed by atoms with Gasteiger partial charge in [0.1, 0.15) is 5.82 Å². The van der Waals surface area contributed by atoms with Crippen molar-refractivity contribution in [1.29, 1.82) is 0 Å². The summed E-state index contributed by atoms with van der Waals surface area (Å²) in [6, 6.07) is 8.95. The summed E-state index contributed by atoms with van der Waals surface area (Å²) in [5.41, 5.74) is 1.33. The van der Waals surface area contributed by atoms with Gasteiger partial charge in [-0.1, -0.05) is 12.1 Å². The summed E-state index contributed by atoms with van der Waals surface area (Å²) in [5.74, 6) is 1.37. The number of hydrogen-bond donors (Lipinski definition) is 1. The number of benzene rings is 1. The van der Waals surface area contributed by atoms with Crippen molar-refractivity contribution in [2.24, 2.45) is 0 Å². The van der Waals surface area contributed by atoms with Gasteiger partial charge in [-0.15, -0.1) is 0 Å². The van der Waals surface area contributed by atoms with Crippen LogP contribution in [0.4, 0.5) is 19.0 Å². The molecule has 0 saturated carbocycles. The number of halogens is 3. The fourth-order valence-electron chi connectivity index (χ4n) is 3.82. The number of H-pyrrole nitrogens is 1. The highest BCUT2D eigenvalue weighted by atomic mass is 19.4. The van der Waals surface area contributed by atoms with Gasteiger partial charge in [-0.25, -0.2) is 4.98 Å². The average Bonchev–Trinajstić information content (AvgIpc) is 3.42. The van der Waals surface area contributed by atoms with Crippen molar-refractivity contribution in [2.45, 2.75) is 19.1 Å². The van der Waals surface area contributed by atoms with Crippen LogP contribution in [0.2, 0.25) is 0 Å². The minimum absolute atomic E-state index is 0.114. The Balaban J connectivity index is 1.69. The molecule has 0 amide bonds. The number of nitrogens with one attached hydrogen (secondary N) is 1. The molecule has 0 radical (unpaired) electrons. The van der Waals surface area contributed by atoms with E-state index in [-0.39, 0.29) is 6.04 Å². The second-order valence-electron chi connectivity index (χ2n) is 7.46. The zero-order valence-electron chi connectivity index (χ0n) is 16.6. The van der Waals surface area contributed by atoms with Crippen molar-refractivity contribution >= 4 is 16.9 Å². The number of aromatic amines is 1. The molecule has 0 aliphatic carbocycles. The Kier molecular flexibility index (Phi) is 4.66. The molecule has 1 saturated heterocycles. The van der Waals surface area contributed by atoms with Crippen molar-refractivity contribution in [3.05, 3.63) is 54.4 Å². The lowest BCUT2D eigenvalue weighted by Crippen LogP contribution is -2.44. The third-order valence-electron chi connectivity index (χ3n) is 5.43. The predicted octanol–water partition coefficient (Wildman–Crippen LogP) is 4.05. The van der Waals surface area contributed by atoms with E-state index in [0.29, 0.717) is 36.8 Å². The van der Waals surface area contributed by atoms with Crippen LogP contribution in [0.1, 0.15) is 12.5 Å². The molecule has 160 valence electrons. The van der Waals surface area contributed by atoms with Crippen molar-refractivity contribution in [2.75, 3.05) is 24.7 Å². The molecule has 1 aliphatic heterocycles. The summed E-state index contributed by atoms with van der Waals surface area (Å²) >= 11 is 0. The monoisotopic (exact) mass is 428 g/mol. The number of morpholine rings is 1. The van der Waals surface area contributed by atoms with Crippen molar-refractivity contribution in [3.8, 4) is 16.9 Å². The molecule has 31 heavy (non-hydrogen) atoms. The van der Waals surface area contributed by atoms with E-state index in [9.17, 15) is 13.2 Å². The van der Waals surface area contributed by atoms with E-state index in [0.717, 1.165) is 28.9 Å². The largest absolute Gasteiger partial charge is 0.416 e. The van der Waals surface area contributed by atoms with Crippen LogP contribution in [0, 0.1) is 0 Å². The molecule has 1 atom stereocenters. The van der Waals surface area contributed by atoms with Crippen LogP contribution in [0.15, 0.2) is 48.8 Å². The van der Waals surface area contributed by atoms with E-state index >= 15 is 0 Å². The standard InChI is InChI=1S/C21H19F3N6O/c1-13-12-31-9-8-29(13)19-10-16(14-2-4-15(5-3-14)21(22,23)24)17-11-26-30(20(17)27-19)18-6-7-25-28-18/h2-7,10-11,13H,8-9,12H2,1H3,(H,25,28)/t13-/m1/s1. The smallest absolute Gasteiger partial charge is 0.377 e. The number of fused-ring (bicyclic) bond motifs is 1. The molecule has 1 N–H and O–H groups in total. The minimum atomic E-state index is -4.38. The van der Waals surface area contributed by atoms with Crippen molar-refractivity contribution < 1.29 is 17.9 Å². The Morgan fingerprint density at radius 1 is 1.16 bits per heavy atom. The van der Waals surface area contributed by atoms with Crippen LogP contribution >= 0.6 is 0 Å². The molecule has 5 rings (SSSR count). The van der Waals surface area contributed by atoms with Gasteiger partial charge in [0.15, 0.2) is 11.5 Å². The van der Waals surface area contributed by atoms with Gasteiger partial charge in [-0.05, 0) is 36.2 Å². The van der Waals surface area contributed by atoms with Crippen LogP contribution in [0.5, 0.6) is 0 Å². The van der Waals surface area contributed by atoms with E-state index in [2.05, 4.69) is 27.1 Å². The van der Waals surface area contributed by atoms with Gasteiger partial charge in [0.05, 0.1) is 37.2 Å². The summed E-state index contributed by atoms with van der Waals surface area (Å²) in [5, 5.41) is 12.0. The number of alkyl halides is 3. The molecule has 0 unspecified atom stereocenters. The first kappa shape index (κ1) is 19.6. The number of rotatable bonds is 3. The van der Waals surface area contributed by atoms with Gasteiger partial charge in [0.2, 0.25) is 0 Å². The van der Waals surface area contributed by atoms with E-state index in [1.807, 2.05) is 6.07 Å². The number of aromatic nitrogens is 5. The fourth-order valence-corrected chi connectivity index (χ4v) is 3.82. The number of nitrogens with zero attached hydrogens (tertiary/aromatic N) is 5. The quantitative estimate of drug-likeness (QED) is 0.533. The highest BCUT2D eigenvalue weighted by Crippen LogP contribution is 2.35. The minimum Gasteiger partial charge on any atom is -0.377 e. The first-order chi connectivity index (χ1) is 14.9. The summed E-state index contributed by atoms with van der Waals surface area (Å²) in [6.45, 7) is 3.88. The Hall–Kier alpha value is -3.40. The Morgan fingerprint density at radius 3 is 2.65 bits per heavy atom. The maximum atomic E-state index is 13.0. The second-order valence-corrected chi connectivity index (χ2v) is 7.46. The van der Waals surface area contributed by atoms with Gasteiger partial charge < -0.3 is 9.64 Å². The number of anilines is 1. The van der Waals surface area contributed by atoms with E-state index in [1.165, 1.54) is 12.1 Å². The Labute approximate surface area is 175 Å². The number of ether oxygens (including phenoxy) is 1. The number of pyridine rings is 1. The maximum absolute atomic E-state index is 13.0. The first-order valence-corrected chi connectivity index (χ1v) is 9.82. The lowest BCUT2D eigenvalue weighted by atomic mass is 10.0. The molecule has 7 nitrogen and oxygen atoms in total. The summed E-state index contributed by atoms with van der Waals surface area (Å²) in [6.07, 6.45) is -1.10. The molecule has 0 bridgehead atoms. The third-order valence-corrected chi connectivity index (χ3v) is 5.43. The zero-order chi connectivity index (χ0) is 21.6. The molecule has 1 aromatic carbocycles.